The van der Waals surface area contributed by atoms with Crippen LogP contribution in [0.1, 0.15) is 246 Å². The van der Waals surface area contributed by atoms with Crippen LogP contribution in [0.25, 0.3) is 0 Å². The lowest BCUT2D eigenvalue weighted by molar-refractivity contribution is 0.290. The zero-order chi connectivity index (χ0) is 45.8. The summed E-state index contributed by atoms with van der Waals surface area (Å²) in [5.74, 6) is 4.86. The predicted molar refractivity (Wildman–Crippen MR) is 248 cm³/mol. The van der Waals surface area contributed by atoms with Crippen molar-refractivity contribution in [3.05, 3.63) is 62.6 Å². The average Bonchev–Trinajstić information content (AvgIpc) is 3.93. The third kappa shape index (κ3) is 16.9. The molecule has 0 amide bonds. The lowest BCUT2D eigenvalue weighted by atomic mass is 9.82. The number of nitrogens with zero attached hydrogens (tertiary/aromatic N) is 11. The first kappa shape index (κ1) is 53.6. The Labute approximate surface area is 366 Å². The molecule has 5 heterocycles. The van der Waals surface area contributed by atoms with E-state index in [0.29, 0.717) is 35.6 Å². The molecule has 0 aliphatic heterocycles. The fraction of sp³-hybridized carbons (Fsp3) is 0.756. The van der Waals surface area contributed by atoms with Crippen molar-refractivity contribution >= 4 is 23.1 Å². The van der Waals surface area contributed by atoms with E-state index in [4.69, 9.17) is 4.63 Å². The molecule has 5 aromatic heterocycles. The summed E-state index contributed by atoms with van der Waals surface area (Å²) in [5.41, 5.74) is 4.82. The van der Waals surface area contributed by atoms with E-state index >= 15 is 0 Å². The number of tetrazole rings is 1. The Morgan fingerprint density at radius 2 is 0.966 bits per heavy atom. The van der Waals surface area contributed by atoms with Crippen LogP contribution in [0.2, 0.25) is 0 Å². The maximum absolute atomic E-state index is 4.80. The van der Waals surface area contributed by atoms with Crippen molar-refractivity contribution in [2.75, 3.05) is 0 Å². The maximum atomic E-state index is 4.80. The zero-order valence-electron chi connectivity index (χ0n) is 41.3. The number of rotatable bonds is 6. The molecule has 0 aliphatic carbocycles. The van der Waals surface area contributed by atoms with Gasteiger partial charge in [-0.1, -0.05) is 142 Å². The molecule has 59 heavy (non-hydrogen) atoms. The van der Waals surface area contributed by atoms with E-state index in [9.17, 15) is 0 Å². The van der Waals surface area contributed by atoms with Gasteiger partial charge in [0.2, 0.25) is 0 Å². The average molecular weight is 856 g/mol. The molecule has 5 rings (SSSR count). The molecule has 334 valence electrons. The Bertz CT molecular complexity index is 1720. The molecule has 0 N–H and O–H groups in total. The second kappa shape index (κ2) is 22.5. The van der Waals surface area contributed by atoms with Crippen LogP contribution in [-0.2, 0) is 21.8 Å². The Balaban J connectivity index is 0.000000369. The lowest BCUT2D eigenvalue weighted by Gasteiger charge is -2.21. The van der Waals surface area contributed by atoms with E-state index in [1.54, 1.807) is 29.4 Å². The number of hydrogen-bond donors (Lipinski definition) is 0. The standard InChI is InChI=1S/C10H18N2O.C9H17N3.2C9H15NS.C8H16N4/c1-9(2,3)7-8(10(4,5)6)12-13-11-7;1-7(2)12-6-10-11-8(12)9(3,4)5;2*1-6(2)8-5-10-11-9(8)7(3)4;1-6(2)7-9-10-11-12(7)8(3,4)5/h1-6H3;6-7H,1-5H3;2*5-7H,1-4H3;6H,1-5H3. The minimum absolute atomic E-state index is 0.00259. The third-order valence-electron chi connectivity index (χ3n) is 8.90. The zero-order valence-corrected chi connectivity index (χ0v) is 43.0. The van der Waals surface area contributed by atoms with Crippen LogP contribution < -0.4 is 0 Å². The van der Waals surface area contributed by atoms with Gasteiger partial charge in [-0.15, -0.1) is 15.3 Å². The highest BCUT2D eigenvalue weighted by Crippen LogP contribution is 2.32. The summed E-state index contributed by atoms with van der Waals surface area (Å²) in [6.07, 6.45) is 5.81. The first-order valence-corrected chi connectivity index (χ1v) is 22.8. The smallest absolute Gasteiger partial charge is 0.154 e. The lowest BCUT2D eigenvalue weighted by Crippen LogP contribution is -2.26. The van der Waals surface area contributed by atoms with Crippen LogP contribution in [0.5, 0.6) is 0 Å². The molecular weight excluding hydrogens is 775 g/mol. The molecule has 0 spiro atoms. The first-order valence-electron chi connectivity index (χ1n) is 21.2. The van der Waals surface area contributed by atoms with Gasteiger partial charge in [0.05, 0.1) is 5.54 Å². The fourth-order valence-corrected chi connectivity index (χ4v) is 7.39. The summed E-state index contributed by atoms with van der Waals surface area (Å²) in [5, 5.41) is 27.6. The van der Waals surface area contributed by atoms with Gasteiger partial charge in [-0.2, -0.15) is 0 Å². The summed E-state index contributed by atoms with van der Waals surface area (Å²) in [7, 11) is 0. The Morgan fingerprint density at radius 1 is 0.542 bits per heavy atom. The molecule has 14 heteroatoms. The monoisotopic (exact) mass is 856 g/mol. The molecule has 0 saturated carbocycles. The van der Waals surface area contributed by atoms with Gasteiger partial charge in [0.1, 0.15) is 23.5 Å². The largest absolute Gasteiger partial charge is 0.315 e. The normalized spacial score (nSPS) is 12.3. The molecule has 0 aromatic carbocycles. The van der Waals surface area contributed by atoms with Gasteiger partial charge in [0, 0.05) is 50.4 Å². The third-order valence-corrected chi connectivity index (χ3v) is 11.1. The highest BCUT2D eigenvalue weighted by molar-refractivity contribution is 7.06. The summed E-state index contributed by atoms with van der Waals surface area (Å²) in [6.45, 7) is 51.6. The van der Waals surface area contributed by atoms with E-state index in [2.05, 4.69) is 216 Å². The molecule has 0 fully saturated rings. The van der Waals surface area contributed by atoms with Crippen LogP contribution in [0.3, 0.4) is 0 Å². The highest BCUT2D eigenvalue weighted by Gasteiger charge is 2.30. The molecule has 12 nitrogen and oxygen atoms in total. The fourth-order valence-electron chi connectivity index (χ4n) is 5.62. The van der Waals surface area contributed by atoms with Crippen LogP contribution in [-0.4, -0.2) is 54.0 Å². The van der Waals surface area contributed by atoms with Crippen molar-refractivity contribution in [3.8, 4) is 0 Å². The Hall–Kier alpha value is -3.39. The maximum Gasteiger partial charge on any atom is 0.154 e. The van der Waals surface area contributed by atoms with E-state index in [1.807, 2.05) is 17.1 Å². The Morgan fingerprint density at radius 3 is 1.22 bits per heavy atom. The number of hydrogen-bond acceptors (Lipinski definition) is 12. The van der Waals surface area contributed by atoms with Crippen LogP contribution in [0.4, 0.5) is 0 Å². The van der Waals surface area contributed by atoms with Crippen molar-refractivity contribution in [1.29, 1.82) is 0 Å². The Kier molecular flexibility index (Phi) is 20.4. The summed E-state index contributed by atoms with van der Waals surface area (Å²) in [4.78, 5) is 2.89. The van der Waals surface area contributed by atoms with Gasteiger partial charge in [0.25, 0.3) is 0 Å². The molecule has 0 bridgehead atoms. The van der Waals surface area contributed by atoms with Gasteiger partial charge in [-0.25, -0.2) is 18.1 Å². The second-order valence-corrected chi connectivity index (χ2v) is 22.7. The molecule has 0 aliphatic rings. The van der Waals surface area contributed by atoms with Crippen molar-refractivity contribution in [2.45, 2.75) is 224 Å². The topological polar surface area (TPSA) is 139 Å². The van der Waals surface area contributed by atoms with Crippen molar-refractivity contribution < 1.29 is 4.63 Å². The highest BCUT2D eigenvalue weighted by atomic mass is 32.1. The summed E-state index contributed by atoms with van der Waals surface area (Å²) in [6, 6.07) is 0.439. The molecular formula is C45H81N11OS2. The van der Waals surface area contributed by atoms with Crippen molar-refractivity contribution in [2.24, 2.45) is 0 Å². The van der Waals surface area contributed by atoms with E-state index in [1.165, 1.54) is 20.9 Å². The molecule has 0 atom stereocenters. The number of aromatic nitrogens is 11. The minimum Gasteiger partial charge on any atom is -0.315 e. The molecule has 0 saturated heterocycles. The summed E-state index contributed by atoms with van der Waals surface area (Å²) < 4.78 is 17.2. The summed E-state index contributed by atoms with van der Waals surface area (Å²) >= 11 is 3.27. The van der Waals surface area contributed by atoms with E-state index in [-0.39, 0.29) is 21.8 Å². The minimum atomic E-state index is -0.0247. The quantitative estimate of drug-likeness (QED) is 0.162. The van der Waals surface area contributed by atoms with Gasteiger partial charge in [-0.3, -0.25) is 0 Å². The predicted octanol–water partition coefficient (Wildman–Crippen LogP) is 13.2. The van der Waals surface area contributed by atoms with E-state index < -0.39 is 0 Å². The second-order valence-electron chi connectivity index (χ2n) is 21.1. The van der Waals surface area contributed by atoms with Gasteiger partial charge in [-0.05, 0) is 103 Å². The van der Waals surface area contributed by atoms with Gasteiger partial charge < -0.3 is 4.57 Å². The van der Waals surface area contributed by atoms with Crippen molar-refractivity contribution in [3.63, 3.8) is 0 Å². The van der Waals surface area contributed by atoms with Crippen LogP contribution >= 0.6 is 23.1 Å². The SMILES string of the molecule is CC(C)(C)c1nonc1C(C)(C)C.CC(C)c1cnsc1C(C)C.CC(C)c1cnsc1C(C)C.CC(C)c1nnnn1C(C)(C)C.CC(C)n1cnnc1C(C)(C)C. The molecule has 5 aromatic rings. The molecule has 0 unspecified atom stereocenters. The van der Waals surface area contributed by atoms with Crippen LogP contribution in [0.15, 0.2) is 23.4 Å². The van der Waals surface area contributed by atoms with Gasteiger partial charge >= 0.3 is 0 Å². The van der Waals surface area contributed by atoms with Crippen molar-refractivity contribution in [1.82, 2.24) is 54.0 Å². The molecule has 0 radical (unpaired) electrons. The van der Waals surface area contributed by atoms with Crippen LogP contribution in [0, 0.1) is 0 Å². The van der Waals surface area contributed by atoms with Gasteiger partial charge in [0.15, 0.2) is 5.82 Å². The first-order chi connectivity index (χ1) is 26.8. The van der Waals surface area contributed by atoms with E-state index in [0.717, 1.165) is 23.0 Å².